The lowest BCUT2D eigenvalue weighted by atomic mass is 10.2. The van der Waals surface area contributed by atoms with E-state index >= 15 is 0 Å². The van der Waals surface area contributed by atoms with Crippen molar-refractivity contribution in [1.82, 2.24) is 0 Å². The molecule has 0 fully saturated rings. The zero-order valence-electron chi connectivity index (χ0n) is 8.80. The van der Waals surface area contributed by atoms with E-state index in [4.69, 9.17) is 0 Å². The lowest BCUT2D eigenvalue weighted by Gasteiger charge is -2.10. The minimum Gasteiger partial charge on any atom is -0.300 e. The van der Waals surface area contributed by atoms with Gasteiger partial charge in [0.25, 0.3) is 0 Å². The molecule has 4 heteroatoms. The van der Waals surface area contributed by atoms with Crippen LogP contribution in [0.1, 0.15) is 20.3 Å². The monoisotopic (exact) mass is 226 g/mol. The standard InChI is InChI=1S/C11H14O3S/c1-9(12)8-10(2)15(13,14)11-6-4-3-5-7-11/h3-7,10H,8H2,1-2H3. The highest BCUT2D eigenvalue weighted by Gasteiger charge is 2.23. The summed E-state index contributed by atoms with van der Waals surface area (Å²) >= 11 is 0. The van der Waals surface area contributed by atoms with E-state index in [1.807, 2.05) is 0 Å². The number of hydrogen-bond acceptors (Lipinski definition) is 3. The average Bonchev–Trinajstić information content (AvgIpc) is 2.18. The molecule has 0 aliphatic rings. The van der Waals surface area contributed by atoms with Crippen LogP contribution in [-0.4, -0.2) is 19.5 Å². The molecule has 0 radical (unpaired) electrons. The molecule has 1 atom stereocenters. The quantitative estimate of drug-likeness (QED) is 0.787. The molecule has 0 bridgehead atoms. The maximum Gasteiger partial charge on any atom is 0.181 e. The van der Waals surface area contributed by atoms with Crippen molar-refractivity contribution in [3.05, 3.63) is 30.3 Å². The molecule has 0 heterocycles. The first kappa shape index (κ1) is 11.9. The van der Waals surface area contributed by atoms with Gasteiger partial charge < -0.3 is 0 Å². The maximum atomic E-state index is 11.9. The van der Waals surface area contributed by atoms with Crippen LogP contribution in [0.15, 0.2) is 35.2 Å². The van der Waals surface area contributed by atoms with Gasteiger partial charge in [0.2, 0.25) is 0 Å². The van der Waals surface area contributed by atoms with Gasteiger partial charge in [0.15, 0.2) is 9.84 Å². The second kappa shape index (κ2) is 4.57. The van der Waals surface area contributed by atoms with Crippen molar-refractivity contribution in [3.8, 4) is 0 Å². The summed E-state index contributed by atoms with van der Waals surface area (Å²) < 4.78 is 23.8. The largest absolute Gasteiger partial charge is 0.300 e. The van der Waals surface area contributed by atoms with E-state index in [2.05, 4.69) is 0 Å². The Morgan fingerprint density at radius 2 is 1.80 bits per heavy atom. The molecule has 1 aromatic carbocycles. The van der Waals surface area contributed by atoms with Crippen molar-refractivity contribution in [2.45, 2.75) is 30.4 Å². The summed E-state index contributed by atoms with van der Waals surface area (Å²) in [4.78, 5) is 11.1. The number of carbonyl (C=O) groups is 1. The summed E-state index contributed by atoms with van der Waals surface area (Å²) in [5.74, 6) is -0.109. The van der Waals surface area contributed by atoms with E-state index in [1.54, 1.807) is 37.3 Å². The smallest absolute Gasteiger partial charge is 0.181 e. The zero-order valence-corrected chi connectivity index (χ0v) is 9.62. The molecule has 0 spiro atoms. The minimum atomic E-state index is -3.35. The minimum absolute atomic E-state index is 0.0667. The van der Waals surface area contributed by atoms with E-state index in [9.17, 15) is 13.2 Å². The molecule has 0 saturated carbocycles. The van der Waals surface area contributed by atoms with Crippen molar-refractivity contribution in [2.75, 3.05) is 0 Å². The Bertz CT molecular complexity index is 434. The number of rotatable bonds is 4. The van der Waals surface area contributed by atoms with Crippen LogP contribution in [0.25, 0.3) is 0 Å². The Kier molecular flexibility index (Phi) is 3.63. The highest BCUT2D eigenvalue weighted by atomic mass is 32.2. The van der Waals surface area contributed by atoms with Crippen molar-refractivity contribution in [3.63, 3.8) is 0 Å². The Labute approximate surface area is 90.0 Å². The van der Waals surface area contributed by atoms with Crippen LogP contribution < -0.4 is 0 Å². The van der Waals surface area contributed by atoms with Crippen molar-refractivity contribution >= 4 is 15.6 Å². The Hall–Kier alpha value is -1.16. The third kappa shape index (κ3) is 2.89. The highest BCUT2D eigenvalue weighted by Crippen LogP contribution is 2.17. The molecule has 1 rings (SSSR count). The number of Topliss-reactive ketones (excluding diaryl/α,β-unsaturated/α-hetero) is 1. The third-order valence-electron chi connectivity index (χ3n) is 2.18. The van der Waals surface area contributed by atoms with Crippen molar-refractivity contribution < 1.29 is 13.2 Å². The van der Waals surface area contributed by atoms with E-state index < -0.39 is 15.1 Å². The van der Waals surface area contributed by atoms with Gasteiger partial charge in [0.05, 0.1) is 10.1 Å². The van der Waals surface area contributed by atoms with Gasteiger partial charge in [-0.2, -0.15) is 0 Å². The molecular weight excluding hydrogens is 212 g/mol. The molecule has 15 heavy (non-hydrogen) atoms. The Morgan fingerprint density at radius 1 is 1.27 bits per heavy atom. The number of ketones is 1. The Morgan fingerprint density at radius 3 is 2.27 bits per heavy atom. The van der Waals surface area contributed by atoms with Gasteiger partial charge in [0, 0.05) is 6.42 Å². The molecule has 0 saturated heterocycles. The molecule has 0 N–H and O–H groups in total. The van der Waals surface area contributed by atoms with Crippen LogP contribution in [0, 0.1) is 0 Å². The fourth-order valence-corrected chi connectivity index (χ4v) is 2.81. The second-order valence-electron chi connectivity index (χ2n) is 3.57. The SMILES string of the molecule is CC(=O)CC(C)S(=O)(=O)c1ccccc1. The summed E-state index contributed by atoms with van der Waals surface area (Å²) in [7, 11) is -3.35. The first-order valence-electron chi connectivity index (χ1n) is 4.73. The molecule has 1 aromatic rings. The van der Waals surface area contributed by atoms with E-state index in [0.29, 0.717) is 0 Å². The summed E-state index contributed by atoms with van der Waals surface area (Å²) in [6.07, 6.45) is 0.0667. The van der Waals surface area contributed by atoms with Crippen molar-refractivity contribution in [2.24, 2.45) is 0 Å². The number of benzene rings is 1. The zero-order chi connectivity index (χ0) is 11.5. The van der Waals surface area contributed by atoms with Crippen LogP contribution in [0.4, 0.5) is 0 Å². The summed E-state index contributed by atoms with van der Waals surface area (Å²) in [5, 5.41) is -0.655. The van der Waals surface area contributed by atoms with Crippen molar-refractivity contribution in [1.29, 1.82) is 0 Å². The van der Waals surface area contributed by atoms with Gasteiger partial charge in [-0.25, -0.2) is 8.42 Å². The third-order valence-corrected chi connectivity index (χ3v) is 4.33. The average molecular weight is 226 g/mol. The lowest BCUT2D eigenvalue weighted by molar-refractivity contribution is -0.116. The molecule has 0 amide bonds. The number of hydrogen-bond donors (Lipinski definition) is 0. The molecule has 0 aliphatic carbocycles. The van der Waals surface area contributed by atoms with Gasteiger partial charge in [-0.15, -0.1) is 0 Å². The van der Waals surface area contributed by atoms with E-state index in [-0.39, 0.29) is 17.1 Å². The number of sulfone groups is 1. The summed E-state index contributed by atoms with van der Waals surface area (Å²) in [6.45, 7) is 2.96. The fraction of sp³-hybridized carbons (Fsp3) is 0.364. The number of carbonyl (C=O) groups excluding carboxylic acids is 1. The van der Waals surface area contributed by atoms with Gasteiger partial charge in [0.1, 0.15) is 5.78 Å². The first-order chi connectivity index (χ1) is 6.94. The molecule has 0 aliphatic heterocycles. The van der Waals surface area contributed by atoms with Crippen LogP contribution >= 0.6 is 0 Å². The molecule has 1 unspecified atom stereocenters. The fourth-order valence-electron chi connectivity index (χ4n) is 1.36. The van der Waals surface area contributed by atoms with Gasteiger partial charge in [-0.1, -0.05) is 18.2 Å². The predicted molar refractivity (Wildman–Crippen MR) is 58.4 cm³/mol. The van der Waals surface area contributed by atoms with Gasteiger partial charge in [-0.05, 0) is 26.0 Å². The first-order valence-corrected chi connectivity index (χ1v) is 6.27. The Balaban J connectivity index is 2.99. The normalized spacial score (nSPS) is 13.5. The van der Waals surface area contributed by atoms with Gasteiger partial charge >= 0.3 is 0 Å². The van der Waals surface area contributed by atoms with E-state index in [0.717, 1.165) is 0 Å². The summed E-state index contributed by atoms with van der Waals surface area (Å²) in [5.41, 5.74) is 0. The summed E-state index contributed by atoms with van der Waals surface area (Å²) in [6, 6.07) is 8.20. The highest BCUT2D eigenvalue weighted by molar-refractivity contribution is 7.92. The van der Waals surface area contributed by atoms with Crippen LogP contribution in [-0.2, 0) is 14.6 Å². The molecule has 3 nitrogen and oxygen atoms in total. The topological polar surface area (TPSA) is 51.2 Å². The maximum absolute atomic E-state index is 11.9. The van der Waals surface area contributed by atoms with E-state index in [1.165, 1.54) is 6.92 Å². The van der Waals surface area contributed by atoms with Crippen LogP contribution in [0.2, 0.25) is 0 Å². The second-order valence-corrected chi connectivity index (χ2v) is 5.94. The molecule has 82 valence electrons. The van der Waals surface area contributed by atoms with Gasteiger partial charge in [-0.3, -0.25) is 4.79 Å². The molecular formula is C11H14O3S. The lowest BCUT2D eigenvalue weighted by Crippen LogP contribution is -2.20. The molecule has 0 aromatic heterocycles. The van der Waals surface area contributed by atoms with Crippen LogP contribution in [0.5, 0.6) is 0 Å². The predicted octanol–water partition coefficient (Wildman–Crippen LogP) is 1.83. The van der Waals surface area contributed by atoms with Crippen LogP contribution in [0.3, 0.4) is 0 Å².